The number of halogens is 1. The summed E-state index contributed by atoms with van der Waals surface area (Å²) < 4.78 is 13.0. The van der Waals surface area contributed by atoms with Gasteiger partial charge in [-0.3, -0.25) is 19.3 Å². The third-order valence-electron chi connectivity index (χ3n) is 4.56. The minimum absolute atomic E-state index is 0.0760. The van der Waals surface area contributed by atoms with Crippen LogP contribution in [0.4, 0.5) is 9.18 Å². The van der Waals surface area contributed by atoms with E-state index in [9.17, 15) is 18.8 Å². The fourth-order valence-corrected chi connectivity index (χ4v) is 3.82. The highest BCUT2D eigenvalue weighted by atomic mass is 32.2. The van der Waals surface area contributed by atoms with Gasteiger partial charge in [0.1, 0.15) is 5.82 Å². The first-order valence-corrected chi connectivity index (χ1v) is 10.1. The molecule has 0 bridgehead atoms. The van der Waals surface area contributed by atoms with Crippen molar-refractivity contribution in [2.24, 2.45) is 0 Å². The van der Waals surface area contributed by atoms with E-state index in [1.165, 1.54) is 24.3 Å². The highest BCUT2D eigenvalue weighted by Gasteiger charge is 2.34. The average Bonchev–Trinajstić information content (AvgIpc) is 2.97. The molecule has 1 fully saturated rings. The second kappa shape index (κ2) is 9.52. The molecule has 2 aromatic carbocycles. The highest BCUT2D eigenvalue weighted by molar-refractivity contribution is 8.18. The van der Waals surface area contributed by atoms with E-state index >= 15 is 0 Å². The van der Waals surface area contributed by atoms with Gasteiger partial charge < -0.3 is 5.32 Å². The Balaban J connectivity index is 1.50. The van der Waals surface area contributed by atoms with E-state index in [2.05, 4.69) is 5.32 Å². The Morgan fingerprint density at radius 1 is 1.14 bits per heavy atom. The van der Waals surface area contributed by atoms with Crippen molar-refractivity contribution in [2.75, 3.05) is 13.1 Å². The summed E-state index contributed by atoms with van der Waals surface area (Å²) in [5.74, 6) is -0.828. The van der Waals surface area contributed by atoms with Crippen molar-refractivity contribution in [1.82, 2.24) is 10.2 Å². The number of carbonyl (C=O) groups excluding carboxylic acids is 3. The van der Waals surface area contributed by atoms with E-state index in [-0.39, 0.29) is 40.9 Å². The maximum Gasteiger partial charge on any atom is 0.293 e. The molecule has 3 amide bonds. The third kappa shape index (κ3) is 5.54. The van der Waals surface area contributed by atoms with Crippen molar-refractivity contribution in [3.8, 4) is 0 Å². The highest BCUT2D eigenvalue weighted by Crippen LogP contribution is 2.31. The molecule has 0 spiro atoms. The molecule has 2 aromatic rings. The molecule has 150 valence electrons. The fraction of sp³-hybridized carbons (Fsp3) is 0.227. The van der Waals surface area contributed by atoms with E-state index in [0.29, 0.717) is 12.0 Å². The quantitative estimate of drug-likeness (QED) is 0.693. The summed E-state index contributed by atoms with van der Waals surface area (Å²) in [7, 11) is 0. The van der Waals surface area contributed by atoms with Crippen LogP contribution in [-0.2, 0) is 9.59 Å². The van der Waals surface area contributed by atoms with E-state index in [1.807, 2.05) is 37.3 Å². The van der Waals surface area contributed by atoms with Gasteiger partial charge >= 0.3 is 0 Å². The zero-order valence-electron chi connectivity index (χ0n) is 15.9. The number of thioether (sulfide) groups is 1. The molecule has 1 aliphatic rings. The number of nitrogens with one attached hydrogen (secondary N) is 1. The van der Waals surface area contributed by atoms with Gasteiger partial charge in [-0.2, -0.15) is 0 Å². The lowest BCUT2D eigenvalue weighted by Gasteiger charge is -2.15. The maximum absolute atomic E-state index is 13.0. The van der Waals surface area contributed by atoms with Crippen molar-refractivity contribution in [2.45, 2.75) is 19.3 Å². The first-order chi connectivity index (χ1) is 13.9. The molecule has 1 aliphatic heterocycles. The predicted molar refractivity (Wildman–Crippen MR) is 112 cm³/mol. The van der Waals surface area contributed by atoms with Gasteiger partial charge in [-0.05, 0) is 47.0 Å². The monoisotopic (exact) mass is 412 g/mol. The summed E-state index contributed by atoms with van der Waals surface area (Å²) in [6.07, 6.45) is 1.89. The van der Waals surface area contributed by atoms with Crippen molar-refractivity contribution >= 4 is 34.9 Å². The Morgan fingerprint density at radius 3 is 2.52 bits per heavy atom. The SMILES string of the molecule is C[C@H](CC(=O)NCCN1C(=O)S/C(=C\c2ccc(F)cc2)C1=O)c1ccccc1. The summed E-state index contributed by atoms with van der Waals surface area (Å²) >= 11 is 0.840. The van der Waals surface area contributed by atoms with Gasteiger partial charge in [0.15, 0.2) is 0 Å². The summed E-state index contributed by atoms with van der Waals surface area (Å²) in [4.78, 5) is 38.1. The minimum Gasteiger partial charge on any atom is -0.354 e. The Hall–Kier alpha value is -2.93. The Bertz CT molecular complexity index is 929. The molecule has 1 heterocycles. The number of benzene rings is 2. The summed E-state index contributed by atoms with van der Waals surface area (Å²) in [5.41, 5.74) is 1.72. The maximum atomic E-state index is 13.0. The number of hydrogen-bond donors (Lipinski definition) is 1. The summed E-state index contributed by atoms with van der Waals surface area (Å²) in [6, 6.07) is 15.4. The van der Waals surface area contributed by atoms with Crippen molar-refractivity contribution in [1.29, 1.82) is 0 Å². The molecule has 0 saturated carbocycles. The molecule has 0 aromatic heterocycles. The van der Waals surface area contributed by atoms with Gasteiger partial charge in [0, 0.05) is 19.5 Å². The zero-order valence-corrected chi connectivity index (χ0v) is 16.7. The Labute approximate surface area is 173 Å². The van der Waals surface area contributed by atoms with Crippen molar-refractivity contribution < 1.29 is 18.8 Å². The lowest BCUT2D eigenvalue weighted by Crippen LogP contribution is -2.37. The second-order valence-electron chi connectivity index (χ2n) is 6.75. The van der Waals surface area contributed by atoms with Crippen LogP contribution in [0, 0.1) is 5.82 Å². The largest absolute Gasteiger partial charge is 0.354 e. The standard InChI is InChI=1S/C22H21FN2O3S/c1-15(17-5-3-2-4-6-17)13-20(26)24-11-12-25-21(27)19(29-22(25)28)14-16-7-9-18(23)10-8-16/h2-10,14-15H,11-13H2,1H3,(H,24,26)/b19-14-/t15-/m1/s1. The van der Waals surface area contributed by atoms with E-state index in [4.69, 9.17) is 0 Å². The van der Waals surface area contributed by atoms with Gasteiger partial charge in [-0.15, -0.1) is 0 Å². The van der Waals surface area contributed by atoms with Crippen LogP contribution in [0.5, 0.6) is 0 Å². The first-order valence-electron chi connectivity index (χ1n) is 9.26. The van der Waals surface area contributed by atoms with Crippen LogP contribution in [0.2, 0.25) is 0 Å². The van der Waals surface area contributed by atoms with Crippen LogP contribution in [0.3, 0.4) is 0 Å². The Morgan fingerprint density at radius 2 is 1.83 bits per heavy atom. The zero-order chi connectivity index (χ0) is 20.8. The molecule has 5 nitrogen and oxygen atoms in total. The number of nitrogens with zero attached hydrogens (tertiary/aromatic N) is 1. The summed E-state index contributed by atoms with van der Waals surface area (Å²) in [5, 5.41) is 2.39. The topological polar surface area (TPSA) is 66.5 Å². The van der Waals surface area contributed by atoms with Crippen molar-refractivity contribution in [3.05, 3.63) is 76.4 Å². The average molecular weight is 412 g/mol. The van der Waals surface area contributed by atoms with E-state index in [1.54, 1.807) is 6.08 Å². The molecule has 0 radical (unpaired) electrons. The Kier molecular flexibility index (Phi) is 6.82. The molecule has 1 saturated heterocycles. The number of carbonyl (C=O) groups is 3. The number of hydrogen-bond acceptors (Lipinski definition) is 4. The fourth-order valence-electron chi connectivity index (χ4n) is 2.96. The van der Waals surface area contributed by atoms with Crippen LogP contribution in [0.15, 0.2) is 59.5 Å². The van der Waals surface area contributed by atoms with Gasteiger partial charge in [-0.1, -0.05) is 49.4 Å². The van der Waals surface area contributed by atoms with Gasteiger partial charge in [0.2, 0.25) is 5.91 Å². The second-order valence-corrected chi connectivity index (χ2v) is 7.74. The van der Waals surface area contributed by atoms with E-state index in [0.717, 1.165) is 22.2 Å². The van der Waals surface area contributed by atoms with Crippen LogP contribution in [0.1, 0.15) is 30.4 Å². The smallest absolute Gasteiger partial charge is 0.293 e. The predicted octanol–water partition coefficient (Wildman–Crippen LogP) is 4.17. The minimum atomic E-state index is -0.406. The normalized spacial score (nSPS) is 16.3. The molecule has 29 heavy (non-hydrogen) atoms. The van der Waals surface area contributed by atoms with E-state index < -0.39 is 5.91 Å². The lowest BCUT2D eigenvalue weighted by atomic mass is 9.98. The lowest BCUT2D eigenvalue weighted by molar-refractivity contribution is -0.124. The van der Waals surface area contributed by atoms with Gasteiger partial charge in [-0.25, -0.2) is 4.39 Å². The first kappa shape index (κ1) is 20.8. The van der Waals surface area contributed by atoms with Crippen LogP contribution in [-0.4, -0.2) is 35.0 Å². The van der Waals surface area contributed by atoms with Gasteiger partial charge in [0.05, 0.1) is 4.91 Å². The number of amides is 3. The van der Waals surface area contributed by atoms with Crippen LogP contribution < -0.4 is 5.32 Å². The molecular formula is C22H21FN2O3S. The number of imide groups is 1. The van der Waals surface area contributed by atoms with Crippen molar-refractivity contribution in [3.63, 3.8) is 0 Å². The third-order valence-corrected chi connectivity index (χ3v) is 5.47. The van der Waals surface area contributed by atoms with Crippen LogP contribution >= 0.6 is 11.8 Å². The molecule has 0 unspecified atom stereocenters. The molecule has 7 heteroatoms. The number of rotatable bonds is 7. The van der Waals surface area contributed by atoms with Gasteiger partial charge in [0.25, 0.3) is 11.1 Å². The molecule has 3 rings (SSSR count). The molecule has 1 N–H and O–H groups in total. The van der Waals surface area contributed by atoms with Crippen LogP contribution in [0.25, 0.3) is 6.08 Å². The molecular weight excluding hydrogens is 391 g/mol. The summed E-state index contributed by atoms with van der Waals surface area (Å²) in [6.45, 7) is 2.28. The molecule has 1 atom stereocenters. The molecule has 0 aliphatic carbocycles.